The zero-order valence-corrected chi connectivity index (χ0v) is 11.9. The van der Waals surface area contributed by atoms with Crippen molar-refractivity contribution in [3.05, 3.63) is 12.2 Å². The van der Waals surface area contributed by atoms with E-state index < -0.39 is 0 Å². The Morgan fingerprint density at radius 2 is 2.11 bits per heavy atom. The van der Waals surface area contributed by atoms with Gasteiger partial charge in [-0.25, -0.2) is 0 Å². The molecule has 1 heterocycles. The minimum atomic E-state index is 0.0674. The van der Waals surface area contributed by atoms with E-state index in [-0.39, 0.29) is 5.41 Å². The lowest BCUT2D eigenvalue weighted by Gasteiger charge is -2.37. The van der Waals surface area contributed by atoms with Gasteiger partial charge in [0.05, 0.1) is 0 Å². The molecule has 1 saturated carbocycles. The first-order valence-corrected chi connectivity index (χ1v) is 7.16. The van der Waals surface area contributed by atoms with Crippen LogP contribution in [0.5, 0.6) is 0 Å². The van der Waals surface area contributed by atoms with Crippen LogP contribution in [0.3, 0.4) is 0 Å². The number of aromatic nitrogens is 3. The highest BCUT2D eigenvalue weighted by Gasteiger charge is 2.38. The summed E-state index contributed by atoms with van der Waals surface area (Å²) in [6.07, 6.45) is 6.69. The average molecular weight is 250 g/mol. The minimum absolute atomic E-state index is 0.0674. The maximum absolute atomic E-state index is 6.09. The van der Waals surface area contributed by atoms with Crippen LogP contribution in [0.15, 0.2) is 6.33 Å². The summed E-state index contributed by atoms with van der Waals surface area (Å²) in [6.45, 7) is 8.46. The molecule has 0 atom stereocenters. The van der Waals surface area contributed by atoms with Gasteiger partial charge in [0, 0.05) is 18.5 Å². The summed E-state index contributed by atoms with van der Waals surface area (Å²) in [5, 5.41) is 8.51. The van der Waals surface area contributed by atoms with Crippen LogP contribution in [0, 0.1) is 11.8 Å². The molecule has 0 spiro atoms. The van der Waals surface area contributed by atoms with E-state index in [0.29, 0.717) is 12.5 Å². The smallest absolute Gasteiger partial charge is 0.140 e. The Balaban J connectivity index is 2.24. The van der Waals surface area contributed by atoms with E-state index in [2.05, 4.69) is 35.5 Å². The second kappa shape index (κ2) is 5.39. The molecule has 4 heteroatoms. The Labute approximate surface area is 110 Å². The van der Waals surface area contributed by atoms with E-state index in [9.17, 15) is 0 Å². The van der Waals surface area contributed by atoms with Gasteiger partial charge in [-0.1, -0.05) is 20.8 Å². The Kier molecular flexibility index (Phi) is 4.05. The van der Waals surface area contributed by atoms with Crippen LogP contribution in [-0.2, 0) is 12.0 Å². The molecule has 2 N–H and O–H groups in total. The number of rotatable bonds is 4. The topological polar surface area (TPSA) is 56.7 Å². The molecule has 0 radical (unpaired) electrons. The van der Waals surface area contributed by atoms with Gasteiger partial charge < -0.3 is 10.3 Å². The van der Waals surface area contributed by atoms with Crippen molar-refractivity contribution in [2.75, 3.05) is 6.54 Å². The van der Waals surface area contributed by atoms with Gasteiger partial charge in [-0.05, 0) is 37.5 Å². The fourth-order valence-corrected chi connectivity index (χ4v) is 3.03. The molecule has 0 aliphatic heterocycles. The fourth-order valence-electron chi connectivity index (χ4n) is 3.03. The lowest BCUT2D eigenvalue weighted by Crippen LogP contribution is -2.41. The number of hydrogen-bond acceptors (Lipinski definition) is 3. The van der Waals surface area contributed by atoms with Crippen molar-refractivity contribution >= 4 is 0 Å². The van der Waals surface area contributed by atoms with Crippen LogP contribution in [0.4, 0.5) is 0 Å². The van der Waals surface area contributed by atoms with Gasteiger partial charge in [0.1, 0.15) is 12.2 Å². The van der Waals surface area contributed by atoms with Crippen LogP contribution < -0.4 is 5.73 Å². The molecule has 0 bridgehead atoms. The van der Waals surface area contributed by atoms with Crippen molar-refractivity contribution in [2.45, 2.75) is 58.4 Å². The summed E-state index contributed by atoms with van der Waals surface area (Å²) in [6, 6.07) is 0. The predicted molar refractivity (Wildman–Crippen MR) is 73.2 cm³/mol. The third kappa shape index (κ3) is 2.58. The van der Waals surface area contributed by atoms with E-state index in [4.69, 9.17) is 5.73 Å². The maximum atomic E-state index is 6.09. The molecule has 1 aliphatic carbocycles. The number of nitrogens with two attached hydrogens (primary N) is 1. The fraction of sp³-hybridized carbons (Fsp3) is 0.857. The Bertz CT molecular complexity index is 375. The maximum Gasteiger partial charge on any atom is 0.140 e. The quantitative estimate of drug-likeness (QED) is 0.892. The van der Waals surface area contributed by atoms with Crippen molar-refractivity contribution in [1.82, 2.24) is 14.8 Å². The molecule has 0 saturated heterocycles. The molecule has 1 aromatic rings. The van der Waals surface area contributed by atoms with Gasteiger partial charge in [0.25, 0.3) is 0 Å². The first-order valence-electron chi connectivity index (χ1n) is 7.16. The second-order valence-corrected chi connectivity index (χ2v) is 6.37. The summed E-state index contributed by atoms with van der Waals surface area (Å²) in [5.41, 5.74) is 6.16. The van der Waals surface area contributed by atoms with Gasteiger partial charge in [0.2, 0.25) is 0 Å². The molecule has 102 valence electrons. The summed E-state index contributed by atoms with van der Waals surface area (Å²) in [4.78, 5) is 0. The molecule has 4 nitrogen and oxygen atoms in total. The molecule has 1 aromatic heterocycles. The normalized spacial score (nSPS) is 28.8. The zero-order valence-electron chi connectivity index (χ0n) is 11.9. The van der Waals surface area contributed by atoms with E-state index in [1.54, 1.807) is 0 Å². The molecule has 1 aliphatic rings. The third-order valence-electron chi connectivity index (χ3n) is 4.27. The summed E-state index contributed by atoms with van der Waals surface area (Å²) < 4.78 is 2.22. The zero-order chi connectivity index (χ0) is 13.2. The second-order valence-electron chi connectivity index (χ2n) is 6.37. The molecule has 1 fully saturated rings. The molecule has 18 heavy (non-hydrogen) atoms. The molecule has 0 unspecified atom stereocenters. The minimum Gasteiger partial charge on any atom is -0.329 e. The van der Waals surface area contributed by atoms with E-state index in [0.717, 1.165) is 31.1 Å². The third-order valence-corrected chi connectivity index (χ3v) is 4.27. The largest absolute Gasteiger partial charge is 0.329 e. The summed E-state index contributed by atoms with van der Waals surface area (Å²) >= 11 is 0. The van der Waals surface area contributed by atoms with Crippen LogP contribution in [-0.4, -0.2) is 21.3 Å². The number of hydrogen-bond donors (Lipinski definition) is 1. The Morgan fingerprint density at radius 1 is 1.44 bits per heavy atom. The van der Waals surface area contributed by atoms with Crippen LogP contribution in [0.2, 0.25) is 0 Å². The standard InChI is InChI=1S/C14H26N4/c1-11(2)8-18-10-16-17-13(18)14(9-15)6-4-12(3)5-7-14/h10-12H,4-9,15H2,1-3H3. The van der Waals surface area contributed by atoms with Gasteiger partial charge in [-0.15, -0.1) is 10.2 Å². The molecular formula is C14H26N4. The van der Waals surface area contributed by atoms with Crippen molar-refractivity contribution in [2.24, 2.45) is 17.6 Å². The molecule has 2 rings (SSSR count). The lowest BCUT2D eigenvalue weighted by molar-refractivity contribution is 0.228. The number of nitrogens with zero attached hydrogens (tertiary/aromatic N) is 3. The van der Waals surface area contributed by atoms with Gasteiger partial charge >= 0.3 is 0 Å². The van der Waals surface area contributed by atoms with Gasteiger partial charge in [-0.3, -0.25) is 0 Å². The van der Waals surface area contributed by atoms with Crippen LogP contribution >= 0.6 is 0 Å². The first-order chi connectivity index (χ1) is 8.57. The van der Waals surface area contributed by atoms with Crippen molar-refractivity contribution in [3.63, 3.8) is 0 Å². The van der Waals surface area contributed by atoms with Gasteiger partial charge in [-0.2, -0.15) is 0 Å². The van der Waals surface area contributed by atoms with Crippen molar-refractivity contribution < 1.29 is 0 Å². The highest BCUT2D eigenvalue weighted by atomic mass is 15.3. The summed E-state index contributed by atoms with van der Waals surface area (Å²) in [5.74, 6) is 2.55. The van der Waals surface area contributed by atoms with E-state index in [1.807, 2.05) is 6.33 Å². The Hall–Kier alpha value is -0.900. The van der Waals surface area contributed by atoms with Crippen molar-refractivity contribution in [3.8, 4) is 0 Å². The van der Waals surface area contributed by atoms with E-state index >= 15 is 0 Å². The molecular weight excluding hydrogens is 224 g/mol. The SMILES string of the molecule is CC(C)Cn1cnnc1C1(CN)CCC(C)CC1. The average Bonchev–Trinajstić information content (AvgIpc) is 2.78. The highest BCUT2D eigenvalue weighted by molar-refractivity contribution is 5.11. The molecule has 0 amide bonds. The lowest BCUT2D eigenvalue weighted by atomic mass is 9.70. The van der Waals surface area contributed by atoms with E-state index in [1.165, 1.54) is 12.8 Å². The van der Waals surface area contributed by atoms with Gasteiger partial charge in [0.15, 0.2) is 0 Å². The first kappa shape index (κ1) is 13.5. The highest BCUT2D eigenvalue weighted by Crippen LogP contribution is 2.39. The predicted octanol–water partition coefficient (Wildman–Crippen LogP) is 2.34. The van der Waals surface area contributed by atoms with Crippen LogP contribution in [0.1, 0.15) is 52.3 Å². The molecule has 0 aromatic carbocycles. The van der Waals surface area contributed by atoms with Crippen molar-refractivity contribution in [1.29, 1.82) is 0 Å². The monoisotopic (exact) mass is 250 g/mol. The Morgan fingerprint density at radius 3 is 2.67 bits per heavy atom. The van der Waals surface area contributed by atoms with Crippen LogP contribution in [0.25, 0.3) is 0 Å². The summed E-state index contributed by atoms with van der Waals surface area (Å²) in [7, 11) is 0.